The molecule has 15 heavy (non-hydrogen) atoms. The summed E-state index contributed by atoms with van der Waals surface area (Å²) in [6.45, 7) is 2.74. The number of unbranched alkanes of at least 4 members (excludes halogenated alkanes) is 1. The van der Waals surface area contributed by atoms with Gasteiger partial charge in [0, 0.05) is 6.42 Å². The first-order valence-corrected chi connectivity index (χ1v) is 5.21. The molecule has 1 aromatic carbocycles. The molecule has 0 saturated heterocycles. The second-order valence-electron chi connectivity index (χ2n) is 3.64. The molecule has 0 amide bonds. The quantitative estimate of drug-likeness (QED) is 0.427. The van der Waals surface area contributed by atoms with Crippen LogP contribution in [0.15, 0.2) is 24.3 Å². The van der Waals surface area contributed by atoms with Gasteiger partial charge >= 0.3 is 0 Å². The van der Waals surface area contributed by atoms with Gasteiger partial charge in [0.15, 0.2) is 0 Å². The van der Waals surface area contributed by atoms with E-state index in [-0.39, 0.29) is 5.84 Å². The highest BCUT2D eigenvalue weighted by Gasteiger charge is 1.94. The smallest absolute Gasteiger partial charge is 0.119 e. The van der Waals surface area contributed by atoms with Crippen LogP contribution in [0, 0.1) is 12.3 Å². The van der Waals surface area contributed by atoms with Gasteiger partial charge in [-0.25, -0.2) is 0 Å². The van der Waals surface area contributed by atoms with E-state index in [9.17, 15) is 0 Å². The van der Waals surface area contributed by atoms with Gasteiger partial charge in [-0.05, 0) is 31.9 Å². The minimum atomic E-state index is 0.255. The predicted molar refractivity (Wildman–Crippen MR) is 62.4 cm³/mol. The Morgan fingerprint density at radius 2 is 1.93 bits per heavy atom. The first kappa shape index (κ1) is 11.6. The molecular weight excluding hydrogens is 188 g/mol. The summed E-state index contributed by atoms with van der Waals surface area (Å²) in [5.74, 6) is 1.16. The molecule has 0 aliphatic heterocycles. The molecule has 0 fully saturated rings. The number of hydrogen-bond donors (Lipinski definition) is 2. The number of benzene rings is 1. The number of hydrogen-bond acceptors (Lipinski definition) is 2. The van der Waals surface area contributed by atoms with Crippen LogP contribution < -0.4 is 10.5 Å². The number of rotatable bonds is 6. The average molecular weight is 206 g/mol. The van der Waals surface area contributed by atoms with Crippen molar-refractivity contribution in [1.29, 1.82) is 5.41 Å². The molecule has 0 atom stereocenters. The van der Waals surface area contributed by atoms with Crippen molar-refractivity contribution >= 4 is 5.84 Å². The molecule has 0 aliphatic carbocycles. The zero-order valence-electron chi connectivity index (χ0n) is 9.12. The van der Waals surface area contributed by atoms with Crippen LogP contribution in [-0.4, -0.2) is 12.4 Å². The van der Waals surface area contributed by atoms with Crippen LogP contribution in [0.3, 0.4) is 0 Å². The van der Waals surface area contributed by atoms with Crippen molar-refractivity contribution in [2.45, 2.75) is 26.2 Å². The molecule has 0 aromatic heterocycles. The molecule has 0 saturated carbocycles. The van der Waals surface area contributed by atoms with Crippen LogP contribution in [0.25, 0.3) is 0 Å². The Morgan fingerprint density at radius 3 is 2.53 bits per heavy atom. The third-order valence-corrected chi connectivity index (χ3v) is 2.13. The number of nitrogens with two attached hydrogens (primary N) is 1. The van der Waals surface area contributed by atoms with E-state index in [1.807, 2.05) is 24.3 Å². The van der Waals surface area contributed by atoms with Gasteiger partial charge in [-0.15, -0.1) is 0 Å². The van der Waals surface area contributed by atoms with Crippen molar-refractivity contribution in [1.82, 2.24) is 0 Å². The zero-order valence-corrected chi connectivity index (χ0v) is 9.12. The van der Waals surface area contributed by atoms with Crippen molar-refractivity contribution in [2.24, 2.45) is 5.73 Å². The van der Waals surface area contributed by atoms with Crippen LogP contribution >= 0.6 is 0 Å². The average Bonchev–Trinajstić information content (AvgIpc) is 2.20. The summed E-state index contributed by atoms with van der Waals surface area (Å²) in [5, 5.41) is 7.05. The number of nitrogens with one attached hydrogen (secondary N) is 1. The monoisotopic (exact) mass is 206 g/mol. The molecule has 0 radical (unpaired) electrons. The maximum absolute atomic E-state index is 7.05. The third-order valence-electron chi connectivity index (χ3n) is 2.13. The molecule has 0 unspecified atom stereocenters. The summed E-state index contributed by atoms with van der Waals surface area (Å²) in [6.07, 6.45) is 2.52. The Kier molecular flexibility index (Phi) is 4.68. The lowest BCUT2D eigenvalue weighted by Gasteiger charge is -2.05. The van der Waals surface area contributed by atoms with Gasteiger partial charge in [0.25, 0.3) is 0 Å². The molecule has 0 heterocycles. The lowest BCUT2D eigenvalue weighted by Crippen LogP contribution is -2.09. The summed E-state index contributed by atoms with van der Waals surface area (Å²) in [4.78, 5) is 0. The van der Waals surface area contributed by atoms with Crippen molar-refractivity contribution in [2.75, 3.05) is 6.61 Å². The van der Waals surface area contributed by atoms with Gasteiger partial charge in [-0.2, -0.15) is 0 Å². The summed E-state index contributed by atoms with van der Waals surface area (Å²) in [7, 11) is 0. The van der Waals surface area contributed by atoms with Crippen molar-refractivity contribution < 1.29 is 4.74 Å². The number of aryl methyl sites for hydroxylation is 1. The summed E-state index contributed by atoms with van der Waals surface area (Å²) < 4.78 is 5.53. The maximum atomic E-state index is 7.05. The lowest BCUT2D eigenvalue weighted by atomic mass is 10.2. The highest BCUT2D eigenvalue weighted by molar-refractivity contribution is 5.76. The van der Waals surface area contributed by atoms with E-state index in [1.54, 1.807) is 0 Å². The molecule has 82 valence electrons. The van der Waals surface area contributed by atoms with E-state index in [0.717, 1.165) is 18.6 Å². The summed E-state index contributed by atoms with van der Waals surface area (Å²) in [6, 6.07) is 8.01. The van der Waals surface area contributed by atoms with E-state index >= 15 is 0 Å². The van der Waals surface area contributed by atoms with Gasteiger partial charge in [0.2, 0.25) is 0 Å². The Hall–Kier alpha value is -1.51. The van der Waals surface area contributed by atoms with Crippen LogP contribution in [0.5, 0.6) is 5.75 Å². The molecular formula is C12H18N2O. The maximum Gasteiger partial charge on any atom is 0.119 e. The van der Waals surface area contributed by atoms with Gasteiger partial charge in [0.1, 0.15) is 5.75 Å². The van der Waals surface area contributed by atoms with Gasteiger partial charge in [0.05, 0.1) is 12.4 Å². The van der Waals surface area contributed by atoms with E-state index < -0.39 is 0 Å². The highest BCUT2D eigenvalue weighted by Crippen LogP contribution is 2.11. The van der Waals surface area contributed by atoms with E-state index in [4.69, 9.17) is 15.9 Å². The Balaban J connectivity index is 2.15. The summed E-state index contributed by atoms with van der Waals surface area (Å²) in [5.41, 5.74) is 6.48. The standard InChI is InChI=1S/C12H18N2O/c1-10-5-7-11(8-6-10)15-9-3-2-4-12(13)14/h5-8H,2-4,9H2,1H3,(H3,13,14). The minimum Gasteiger partial charge on any atom is -0.494 e. The van der Waals surface area contributed by atoms with Gasteiger partial charge < -0.3 is 10.5 Å². The Morgan fingerprint density at radius 1 is 1.27 bits per heavy atom. The second-order valence-corrected chi connectivity index (χ2v) is 3.64. The first-order valence-electron chi connectivity index (χ1n) is 5.21. The van der Waals surface area contributed by atoms with E-state index in [0.29, 0.717) is 13.0 Å². The highest BCUT2D eigenvalue weighted by atomic mass is 16.5. The van der Waals surface area contributed by atoms with Crippen molar-refractivity contribution in [3.8, 4) is 5.75 Å². The predicted octanol–water partition coefficient (Wildman–Crippen LogP) is 2.48. The van der Waals surface area contributed by atoms with Crippen molar-refractivity contribution in [3.63, 3.8) is 0 Å². The number of amidine groups is 1. The number of ether oxygens (including phenoxy) is 1. The van der Waals surface area contributed by atoms with Gasteiger partial charge in [-0.3, -0.25) is 5.41 Å². The Bertz CT molecular complexity index is 306. The van der Waals surface area contributed by atoms with Crippen LogP contribution in [0.2, 0.25) is 0 Å². The fourth-order valence-corrected chi connectivity index (χ4v) is 1.24. The van der Waals surface area contributed by atoms with Gasteiger partial charge in [-0.1, -0.05) is 17.7 Å². The fraction of sp³-hybridized carbons (Fsp3) is 0.417. The molecule has 1 aromatic rings. The largest absolute Gasteiger partial charge is 0.494 e. The second kappa shape index (κ2) is 6.06. The topological polar surface area (TPSA) is 59.1 Å². The van der Waals surface area contributed by atoms with Crippen LogP contribution in [0.4, 0.5) is 0 Å². The molecule has 3 nitrogen and oxygen atoms in total. The third kappa shape index (κ3) is 5.05. The molecule has 0 aliphatic rings. The van der Waals surface area contributed by atoms with E-state index in [1.165, 1.54) is 5.56 Å². The fourth-order valence-electron chi connectivity index (χ4n) is 1.24. The van der Waals surface area contributed by atoms with Crippen LogP contribution in [-0.2, 0) is 0 Å². The van der Waals surface area contributed by atoms with Crippen LogP contribution in [0.1, 0.15) is 24.8 Å². The summed E-state index contributed by atoms with van der Waals surface area (Å²) >= 11 is 0. The zero-order chi connectivity index (χ0) is 11.1. The lowest BCUT2D eigenvalue weighted by molar-refractivity contribution is 0.308. The minimum absolute atomic E-state index is 0.255. The SMILES string of the molecule is Cc1ccc(OCCCCC(=N)N)cc1. The molecule has 0 spiro atoms. The molecule has 3 N–H and O–H groups in total. The van der Waals surface area contributed by atoms with Crippen molar-refractivity contribution in [3.05, 3.63) is 29.8 Å². The molecule has 0 bridgehead atoms. The molecule has 1 rings (SSSR count). The van der Waals surface area contributed by atoms with E-state index in [2.05, 4.69) is 6.92 Å². The normalized spacial score (nSPS) is 9.93. The Labute approximate surface area is 90.8 Å². The first-order chi connectivity index (χ1) is 7.18. The molecule has 3 heteroatoms.